The van der Waals surface area contributed by atoms with Gasteiger partial charge in [-0.1, -0.05) is 0 Å². The second kappa shape index (κ2) is 5.67. The Morgan fingerprint density at radius 1 is 1.00 bits per heavy atom. The predicted molar refractivity (Wildman–Crippen MR) is 74.3 cm³/mol. The lowest BCUT2D eigenvalue weighted by molar-refractivity contribution is 0.293. The Morgan fingerprint density at radius 2 is 1.63 bits per heavy atom. The van der Waals surface area contributed by atoms with Crippen molar-refractivity contribution in [2.24, 2.45) is 0 Å². The number of rotatable bonds is 4. The standard InChI is InChI=1S/C14H22N2O3/c1-14(9-15-5-6-16-14)10-7-11(17-2)13(19-4)12(8-10)18-3/h7-8,15-16H,5-6,9H2,1-4H3. The van der Waals surface area contributed by atoms with Crippen molar-refractivity contribution in [3.8, 4) is 17.2 Å². The molecule has 5 heteroatoms. The van der Waals surface area contributed by atoms with Crippen LogP contribution in [0.15, 0.2) is 12.1 Å². The highest BCUT2D eigenvalue weighted by atomic mass is 16.5. The molecule has 2 rings (SSSR count). The van der Waals surface area contributed by atoms with Crippen LogP contribution in [-0.4, -0.2) is 41.0 Å². The molecule has 1 aromatic carbocycles. The number of hydrogen-bond donors (Lipinski definition) is 2. The summed E-state index contributed by atoms with van der Waals surface area (Å²) in [5.41, 5.74) is 0.986. The Kier molecular flexibility index (Phi) is 4.17. The van der Waals surface area contributed by atoms with Crippen LogP contribution in [0.25, 0.3) is 0 Å². The van der Waals surface area contributed by atoms with Crippen LogP contribution in [0.4, 0.5) is 0 Å². The molecule has 1 aromatic rings. The fraction of sp³-hybridized carbons (Fsp3) is 0.571. The molecule has 0 bridgehead atoms. The fourth-order valence-electron chi connectivity index (χ4n) is 2.43. The average Bonchev–Trinajstić information content (AvgIpc) is 2.46. The van der Waals surface area contributed by atoms with E-state index in [1.807, 2.05) is 12.1 Å². The summed E-state index contributed by atoms with van der Waals surface area (Å²) in [6.07, 6.45) is 0. The van der Waals surface area contributed by atoms with Crippen molar-refractivity contribution in [2.45, 2.75) is 12.5 Å². The highest BCUT2D eigenvalue weighted by Crippen LogP contribution is 2.40. The molecule has 106 valence electrons. The molecule has 1 atom stereocenters. The van der Waals surface area contributed by atoms with Gasteiger partial charge in [-0.15, -0.1) is 0 Å². The molecule has 1 fully saturated rings. The molecule has 0 aliphatic carbocycles. The summed E-state index contributed by atoms with van der Waals surface area (Å²) in [4.78, 5) is 0. The largest absolute Gasteiger partial charge is 0.493 e. The summed E-state index contributed by atoms with van der Waals surface area (Å²) in [5, 5.41) is 6.94. The number of methoxy groups -OCH3 is 3. The van der Waals surface area contributed by atoms with Crippen LogP contribution < -0.4 is 24.8 Å². The summed E-state index contributed by atoms with van der Waals surface area (Å²) in [6, 6.07) is 4.00. The summed E-state index contributed by atoms with van der Waals surface area (Å²) >= 11 is 0. The van der Waals surface area contributed by atoms with Gasteiger partial charge in [-0.05, 0) is 24.6 Å². The minimum Gasteiger partial charge on any atom is -0.493 e. The lowest BCUT2D eigenvalue weighted by Crippen LogP contribution is -2.54. The Morgan fingerprint density at radius 3 is 2.05 bits per heavy atom. The SMILES string of the molecule is COc1cc(C2(C)CNCCN2)cc(OC)c1OC. The van der Waals surface area contributed by atoms with E-state index >= 15 is 0 Å². The zero-order valence-electron chi connectivity index (χ0n) is 12.0. The van der Waals surface area contributed by atoms with E-state index in [0.29, 0.717) is 17.2 Å². The summed E-state index contributed by atoms with van der Waals surface area (Å²) in [5.74, 6) is 2.00. The number of piperazine rings is 1. The van der Waals surface area contributed by atoms with Gasteiger partial charge in [0.05, 0.1) is 26.9 Å². The number of benzene rings is 1. The molecule has 0 radical (unpaired) electrons. The molecule has 2 N–H and O–H groups in total. The van der Waals surface area contributed by atoms with E-state index in [1.165, 1.54) is 0 Å². The van der Waals surface area contributed by atoms with Crippen molar-refractivity contribution in [3.63, 3.8) is 0 Å². The Hall–Kier alpha value is -1.46. The highest BCUT2D eigenvalue weighted by molar-refractivity contribution is 5.55. The second-order valence-electron chi connectivity index (χ2n) is 4.85. The topological polar surface area (TPSA) is 51.8 Å². The maximum atomic E-state index is 5.40. The number of nitrogens with one attached hydrogen (secondary N) is 2. The van der Waals surface area contributed by atoms with Crippen molar-refractivity contribution >= 4 is 0 Å². The van der Waals surface area contributed by atoms with Crippen molar-refractivity contribution in [1.82, 2.24) is 10.6 Å². The van der Waals surface area contributed by atoms with Crippen molar-refractivity contribution in [2.75, 3.05) is 41.0 Å². The average molecular weight is 266 g/mol. The van der Waals surface area contributed by atoms with Crippen LogP contribution in [-0.2, 0) is 5.54 Å². The van der Waals surface area contributed by atoms with Crippen LogP contribution in [0.2, 0.25) is 0 Å². The van der Waals surface area contributed by atoms with Crippen molar-refractivity contribution in [1.29, 1.82) is 0 Å². The van der Waals surface area contributed by atoms with E-state index in [2.05, 4.69) is 17.6 Å². The fourth-order valence-corrected chi connectivity index (χ4v) is 2.43. The Balaban J connectivity index is 2.46. The van der Waals surface area contributed by atoms with Gasteiger partial charge in [0.2, 0.25) is 5.75 Å². The van der Waals surface area contributed by atoms with E-state index in [1.54, 1.807) is 21.3 Å². The van der Waals surface area contributed by atoms with Crippen LogP contribution in [0.5, 0.6) is 17.2 Å². The Bertz CT molecular complexity index is 417. The van der Waals surface area contributed by atoms with E-state index in [-0.39, 0.29) is 5.54 Å². The Labute approximate surface area is 114 Å². The van der Waals surface area contributed by atoms with Crippen LogP contribution in [0.1, 0.15) is 12.5 Å². The van der Waals surface area contributed by atoms with Crippen LogP contribution >= 0.6 is 0 Å². The van der Waals surface area contributed by atoms with Gasteiger partial charge in [0.15, 0.2) is 11.5 Å². The highest BCUT2D eigenvalue weighted by Gasteiger charge is 2.30. The molecule has 0 aromatic heterocycles. The lowest BCUT2D eigenvalue weighted by atomic mass is 9.90. The summed E-state index contributed by atoms with van der Waals surface area (Å²) < 4.78 is 16.2. The monoisotopic (exact) mass is 266 g/mol. The van der Waals surface area contributed by atoms with Crippen molar-refractivity contribution in [3.05, 3.63) is 17.7 Å². The van der Waals surface area contributed by atoms with Gasteiger partial charge in [0.1, 0.15) is 0 Å². The van der Waals surface area contributed by atoms with Gasteiger partial charge in [0, 0.05) is 19.6 Å². The molecule has 19 heavy (non-hydrogen) atoms. The summed E-state index contributed by atoms with van der Waals surface area (Å²) in [7, 11) is 4.88. The van der Waals surface area contributed by atoms with Gasteiger partial charge in [0.25, 0.3) is 0 Å². The first-order valence-corrected chi connectivity index (χ1v) is 6.41. The molecule has 0 amide bonds. The maximum Gasteiger partial charge on any atom is 0.203 e. The first-order valence-electron chi connectivity index (χ1n) is 6.41. The summed E-state index contributed by atoms with van der Waals surface area (Å²) in [6.45, 7) is 4.96. The molecule has 1 aliphatic rings. The van der Waals surface area contributed by atoms with Gasteiger partial charge >= 0.3 is 0 Å². The van der Waals surface area contributed by atoms with Crippen LogP contribution in [0, 0.1) is 0 Å². The first-order chi connectivity index (χ1) is 9.14. The zero-order chi connectivity index (χ0) is 13.9. The minimum absolute atomic E-state index is 0.134. The smallest absolute Gasteiger partial charge is 0.203 e. The van der Waals surface area contributed by atoms with Gasteiger partial charge in [-0.25, -0.2) is 0 Å². The lowest BCUT2D eigenvalue weighted by Gasteiger charge is -2.36. The van der Waals surface area contributed by atoms with E-state index < -0.39 is 0 Å². The molecular formula is C14H22N2O3. The molecule has 1 saturated heterocycles. The molecule has 5 nitrogen and oxygen atoms in total. The third kappa shape index (κ3) is 2.62. The number of hydrogen-bond acceptors (Lipinski definition) is 5. The molecule has 1 unspecified atom stereocenters. The molecule has 0 spiro atoms. The van der Waals surface area contributed by atoms with Crippen LogP contribution in [0.3, 0.4) is 0 Å². The van der Waals surface area contributed by atoms with E-state index in [9.17, 15) is 0 Å². The van der Waals surface area contributed by atoms with E-state index in [0.717, 1.165) is 25.2 Å². The zero-order valence-corrected chi connectivity index (χ0v) is 12.0. The van der Waals surface area contributed by atoms with Gasteiger partial charge < -0.3 is 24.8 Å². The molecule has 1 heterocycles. The quantitative estimate of drug-likeness (QED) is 0.855. The number of ether oxygens (including phenoxy) is 3. The normalized spacial score (nSPS) is 22.9. The third-order valence-corrected chi connectivity index (χ3v) is 3.60. The minimum atomic E-state index is -0.134. The second-order valence-corrected chi connectivity index (χ2v) is 4.85. The van der Waals surface area contributed by atoms with Crippen molar-refractivity contribution < 1.29 is 14.2 Å². The van der Waals surface area contributed by atoms with Gasteiger partial charge in [-0.2, -0.15) is 0 Å². The molecule has 0 saturated carbocycles. The third-order valence-electron chi connectivity index (χ3n) is 3.60. The first kappa shape index (κ1) is 14.0. The maximum absolute atomic E-state index is 5.40. The molecular weight excluding hydrogens is 244 g/mol. The molecule has 1 aliphatic heterocycles. The van der Waals surface area contributed by atoms with E-state index in [4.69, 9.17) is 14.2 Å². The predicted octanol–water partition coefficient (Wildman–Crippen LogP) is 1.12. The van der Waals surface area contributed by atoms with Gasteiger partial charge in [-0.3, -0.25) is 0 Å².